The highest BCUT2D eigenvalue weighted by Gasteiger charge is 2.28. The molecule has 0 aromatic rings. The Morgan fingerprint density at radius 1 is 0.857 bits per heavy atom. The number of rotatable bonds is 7. The van der Waals surface area contributed by atoms with E-state index in [2.05, 4.69) is 24.1 Å². The molecular weight excluding hydrogens is 256 g/mol. The molecule has 21 heavy (non-hydrogen) atoms. The Morgan fingerprint density at radius 3 is 2.19 bits per heavy atom. The minimum atomic E-state index is 0.782. The fourth-order valence-electron chi connectivity index (χ4n) is 4.49. The summed E-state index contributed by atoms with van der Waals surface area (Å²) in [7, 11) is 0. The van der Waals surface area contributed by atoms with Gasteiger partial charge < -0.3 is 10.2 Å². The van der Waals surface area contributed by atoms with Crippen molar-refractivity contribution in [2.24, 2.45) is 5.92 Å². The normalized spacial score (nSPS) is 28.7. The van der Waals surface area contributed by atoms with Crippen LogP contribution in [0.3, 0.4) is 0 Å². The Morgan fingerprint density at radius 2 is 1.52 bits per heavy atom. The Labute approximate surface area is 133 Å². The molecule has 2 atom stereocenters. The third-order valence-electron chi connectivity index (χ3n) is 5.78. The summed E-state index contributed by atoms with van der Waals surface area (Å²) in [6.07, 6.45) is 15.8. The second-order valence-electron chi connectivity index (χ2n) is 7.34. The van der Waals surface area contributed by atoms with Crippen molar-refractivity contribution in [1.82, 2.24) is 10.2 Å². The first-order valence-electron chi connectivity index (χ1n) is 9.82. The second kappa shape index (κ2) is 9.84. The van der Waals surface area contributed by atoms with E-state index in [9.17, 15) is 0 Å². The summed E-state index contributed by atoms with van der Waals surface area (Å²) >= 11 is 0. The number of nitrogens with zero attached hydrogens (tertiary/aromatic N) is 1. The summed E-state index contributed by atoms with van der Waals surface area (Å²) < 4.78 is 0. The third-order valence-corrected chi connectivity index (χ3v) is 5.78. The zero-order valence-corrected chi connectivity index (χ0v) is 14.6. The summed E-state index contributed by atoms with van der Waals surface area (Å²) in [6, 6.07) is 1.67. The van der Waals surface area contributed by atoms with Crippen LogP contribution >= 0.6 is 0 Å². The van der Waals surface area contributed by atoms with Crippen LogP contribution in [0.25, 0.3) is 0 Å². The first kappa shape index (κ1) is 17.3. The van der Waals surface area contributed by atoms with Gasteiger partial charge in [-0.25, -0.2) is 0 Å². The Hall–Kier alpha value is -0.0800. The molecule has 0 aromatic carbocycles. The van der Waals surface area contributed by atoms with Crippen molar-refractivity contribution in [2.45, 2.75) is 96.6 Å². The lowest BCUT2D eigenvalue weighted by molar-refractivity contribution is 0.123. The van der Waals surface area contributed by atoms with E-state index in [1.807, 2.05) is 0 Å². The van der Waals surface area contributed by atoms with Gasteiger partial charge in [0.05, 0.1) is 0 Å². The lowest BCUT2D eigenvalue weighted by atomic mass is 9.90. The fraction of sp³-hybridized carbons (Fsp3) is 1.00. The maximum atomic E-state index is 3.87. The lowest BCUT2D eigenvalue weighted by Gasteiger charge is -2.38. The third kappa shape index (κ3) is 5.56. The minimum absolute atomic E-state index is 0.782. The van der Waals surface area contributed by atoms with Crippen LogP contribution in [-0.4, -0.2) is 36.6 Å². The lowest BCUT2D eigenvalue weighted by Crippen LogP contribution is -2.46. The van der Waals surface area contributed by atoms with E-state index in [1.165, 1.54) is 90.3 Å². The predicted octanol–water partition coefficient (Wildman–Crippen LogP) is 4.59. The van der Waals surface area contributed by atoms with Gasteiger partial charge in [0.2, 0.25) is 0 Å². The number of hydrogen-bond acceptors (Lipinski definition) is 2. The van der Waals surface area contributed by atoms with Gasteiger partial charge in [-0.2, -0.15) is 0 Å². The molecule has 124 valence electrons. The molecule has 2 fully saturated rings. The van der Waals surface area contributed by atoms with Gasteiger partial charge in [-0.1, -0.05) is 52.4 Å². The second-order valence-corrected chi connectivity index (χ2v) is 7.34. The molecule has 0 aliphatic heterocycles. The van der Waals surface area contributed by atoms with Crippen LogP contribution in [0, 0.1) is 5.92 Å². The Balaban J connectivity index is 1.90. The molecule has 2 saturated carbocycles. The topological polar surface area (TPSA) is 15.3 Å². The first-order valence-corrected chi connectivity index (χ1v) is 9.82. The zero-order valence-electron chi connectivity index (χ0n) is 14.6. The van der Waals surface area contributed by atoms with Crippen molar-refractivity contribution < 1.29 is 0 Å². The van der Waals surface area contributed by atoms with Crippen molar-refractivity contribution >= 4 is 0 Å². The average molecular weight is 295 g/mol. The van der Waals surface area contributed by atoms with Gasteiger partial charge in [-0.05, 0) is 51.1 Å². The molecule has 0 heterocycles. The average Bonchev–Trinajstić information content (AvgIpc) is 2.76. The summed E-state index contributed by atoms with van der Waals surface area (Å²) in [5.74, 6) is 0.890. The van der Waals surface area contributed by atoms with Gasteiger partial charge in [0, 0.05) is 18.6 Å². The number of nitrogens with one attached hydrogen (secondary N) is 1. The summed E-state index contributed by atoms with van der Waals surface area (Å²) in [6.45, 7) is 8.47. The van der Waals surface area contributed by atoms with Gasteiger partial charge in [-0.15, -0.1) is 0 Å². The summed E-state index contributed by atoms with van der Waals surface area (Å²) in [5, 5.41) is 3.87. The largest absolute Gasteiger partial charge is 0.314 e. The zero-order chi connectivity index (χ0) is 14.9. The first-order chi connectivity index (χ1) is 10.3. The molecule has 2 heteroatoms. The molecule has 2 unspecified atom stereocenters. The van der Waals surface area contributed by atoms with Crippen molar-refractivity contribution in [2.75, 3.05) is 19.6 Å². The van der Waals surface area contributed by atoms with E-state index < -0.39 is 0 Å². The van der Waals surface area contributed by atoms with E-state index in [0.717, 1.165) is 18.0 Å². The van der Waals surface area contributed by atoms with Crippen LogP contribution in [-0.2, 0) is 0 Å². The maximum absolute atomic E-state index is 3.87. The highest BCUT2D eigenvalue weighted by molar-refractivity contribution is 4.84. The molecule has 2 aliphatic rings. The van der Waals surface area contributed by atoms with Crippen LogP contribution in [0.1, 0.15) is 84.5 Å². The van der Waals surface area contributed by atoms with E-state index >= 15 is 0 Å². The smallest absolute Gasteiger partial charge is 0.0107 e. The van der Waals surface area contributed by atoms with Crippen LogP contribution in [0.2, 0.25) is 0 Å². The molecule has 0 saturated heterocycles. The van der Waals surface area contributed by atoms with Crippen LogP contribution < -0.4 is 5.32 Å². The molecule has 2 nitrogen and oxygen atoms in total. The summed E-state index contributed by atoms with van der Waals surface area (Å²) in [5.41, 5.74) is 0. The molecule has 0 aromatic heterocycles. The molecule has 2 aliphatic carbocycles. The van der Waals surface area contributed by atoms with Crippen molar-refractivity contribution in [3.8, 4) is 0 Å². The van der Waals surface area contributed by atoms with Gasteiger partial charge in [-0.3, -0.25) is 0 Å². The molecule has 0 bridgehead atoms. The fourth-order valence-corrected chi connectivity index (χ4v) is 4.49. The Kier molecular flexibility index (Phi) is 8.10. The van der Waals surface area contributed by atoms with Gasteiger partial charge in [0.1, 0.15) is 0 Å². The number of hydrogen-bond donors (Lipinski definition) is 1. The monoisotopic (exact) mass is 294 g/mol. The highest BCUT2D eigenvalue weighted by atomic mass is 15.2. The molecule has 2 rings (SSSR count). The van der Waals surface area contributed by atoms with Crippen molar-refractivity contribution in [1.29, 1.82) is 0 Å². The maximum Gasteiger partial charge on any atom is 0.0107 e. The van der Waals surface area contributed by atoms with Crippen LogP contribution in [0.4, 0.5) is 0 Å². The molecule has 0 amide bonds. The quantitative estimate of drug-likeness (QED) is 0.691. The van der Waals surface area contributed by atoms with Gasteiger partial charge in [0.15, 0.2) is 0 Å². The summed E-state index contributed by atoms with van der Waals surface area (Å²) in [4.78, 5) is 2.83. The van der Waals surface area contributed by atoms with Gasteiger partial charge >= 0.3 is 0 Å². The standard InChI is InChI=1S/C19H38N2/c1-3-15-20-19-14-10-5-7-11-17(19)16-21(4-2)18-12-8-6-9-13-18/h17-20H,3-16H2,1-2H3. The molecular formula is C19H38N2. The van der Waals surface area contributed by atoms with Crippen LogP contribution in [0.15, 0.2) is 0 Å². The van der Waals surface area contributed by atoms with Gasteiger partial charge in [0.25, 0.3) is 0 Å². The highest BCUT2D eigenvalue weighted by Crippen LogP contribution is 2.28. The van der Waals surface area contributed by atoms with Crippen molar-refractivity contribution in [3.05, 3.63) is 0 Å². The Bertz CT molecular complexity index is 260. The molecule has 0 radical (unpaired) electrons. The molecule has 1 N–H and O–H groups in total. The predicted molar refractivity (Wildman–Crippen MR) is 92.8 cm³/mol. The van der Waals surface area contributed by atoms with Crippen molar-refractivity contribution in [3.63, 3.8) is 0 Å². The van der Waals surface area contributed by atoms with Crippen LogP contribution in [0.5, 0.6) is 0 Å². The van der Waals surface area contributed by atoms with E-state index in [-0.39, 0.29) is 0 Å². The van der Waals surface area contributed by atoms with E-state index in [0.29, 0.717) is 0 Å². The van der Waals surface area contributed by atoms with E-state index in [4.69, 9.17) is 0 Å². The SMILES string of the molecule is CCCNC1CCCCCC1CN(CC)C1CCCCC1. The minimum Gasteiger partial charge on any atom is -0.314 e. The molecule has 0 spiro atoms. The van der Waals surface area contributed by atoms with E-state index in [1.54, 1.807) is 0 Å².